The second kappa shape index (κ2) is 4.25. The van der Waals surface area contributed by atoms with Crippen molar-refractivity contribution in [2.45, 2.75) is 6.36 Å². The van der Waals surface area contributed by atoms with Gasteiger partial charge in [0.25, 0.3) is 0 Å². The Kier molecular flexibility index (Phi) is 2.93. The van der Waals surface area contributed by atoms with Crippen molar-refractivity contribution in [3.8, 4) is 5.75 Å². The number of hydrogen-bond acceptors (Lipinski definition) is 4. The third-order valence-electron chi connectivity index (χ3n) is 1.82. The first-order chi connectivity index (χ1) is 7.98. The number of halogens is 3. The zero-order chi connectivity index (χ0) is 12.5. The Bertz CT molecular complexity index is 550. The van der Waals surface area contributed by atoms with E-state index in [1.807, 2.05) is 0 Å². The van der Waals surface area contributed by atoms with Crippen LogP contribution in [0.4, 0.5) is 18.3 Å². The van der Waals surface area contributed by atoms with Gasteiger partial charge in [-0.25, -0.2) is 4.98 Å². The Balaban J connectivity index is 2.33. The van der Waals surface area contributed by atoms with Crippen LogP contribution in [0.3, 0.4) is 0 Å². The van der Waals surface area contributed by atoms with Crippen molar-refractivity contribution < 1.29 is 17.9 Å². The average Bonchev–Trinajstić information content (AvgIpc) is 2.57. The first kappa shape index (κ1) is 11.7. The van der Waals surface area contributed by atoms with Crippen molar-refractivity contribution in [2.75, 3.05) is 5.32 Å². The lowest BCUT2D eigenvalue weighted by Gasteiger charge is -2.07. The van der Waals surface area contributed by atoms with Gasteiger partial charge in [-0.2, -0.15) is 0 Å². The van der Waals surface area contributed by atoms with Gasteiger partial charge in [-0.3, -0.25) is 0 Å². The number of benzene rings is 1. The van der Waals surface area contributed by atoms with Gasteiger partial charge in [0.05, 0.1) is 10.2 Å². The minimum absolute atomic E-state index is 0.251. The van der Waals surface area contributed by atoms with E-state index in [2.05, 4.69) is 21.6 Å². The molecule has 0 unspecified atom stereocenters. The number of aromatic nitrogens is 1. The number of nitrogens with one attached hydrogen (secondary N) is 1. The third kappa shape index (κ3) is 2.88. The first-order valence-electron chi connectivity index (χ1n) is 4.52. The molecule has 0 amide bonds. The fourth-order valence-corrected chi connectivity index (χ4v) is 2.14. The molecule has 2 aromatic rings. The van der Waals surface area contributed by atoms with E-state index in [0.717, 1.165) is 0 Å². The summed E-state index contributed by atoms with van der Waals surface area (Å²) in [6, 6.07) is 4.00. The molecule has 0 bridgehead atoms. The van der Waals surface area contributed by atoms with Crippen LogP contribution < -0.4 is 10.1 Å². The van der Waals surface area contributed by atoms with Gasteiger partial charge in [-0.15, -0.1) is 13.2 Å². The molecule has 2 rings (SSSR count). The van der Waals surface area contributed by atoms with Gasteiger partial charge in [0.1, 0.15) is 5.75 Å². The van der Waals surface area contributed by atoms with Crippen molar-refractivity contribution in [1.29, 1.82) is 0 Å². The van der Waals surface area contributed by atoms with Gasteiger partial charge in [0, 0.05) is 6.07 Å². The maximum atomic E-state index is 12.0. The Morgan fingerprint density at radius 3 is 2.82 bits per heavy atom. The van der Waals surface area contributed by atoms with Crippen LogP contribution in [-0.2, 0) is 0 Å². The molecule has 1 aromatic heterocycles. The summed E-state index contributed by atoms with van der Waals surface area (Å²) in [6.45, 7) is 3.47. The lowest BCUT2D eigenvalue weighted by Crippen LogP contribution is -2.16. The van der Waals surface area contributed by atoms with Crippen molar-refractivity contribution in [1.82, 2.24) is 4.98 Å². The average molecular weight is 260 g/mol. The Labute approximate surface area is 98.5 Å². The summed E-state index contributed by atoms with van der Waals surface area (Å²) in [5.74, 6) is -0.251. The molecular formula is C10H7F3N2OS. The molecule has 0 radical (unpaired) electrons. The molecule has 0 atom stereocenters. The fraction of sp³-hybridized carbons (Fsp3) is 0.100. The number of rotatable bonds is 3. The molecule has 0 aliphatic carbocycles. The Hall–Kier alpha value is -1.76. The largest absolute Gasteiger partial charge is 0.573 e. The van der Waals surface area contributed by atoms with Gasteiger partial charge in [-0.05, 0) is 18.3 Å². The lowest BCUT2D eigenvalue weighted by atomic mass is 10.3. The SMILES string of the molecule is C=CNc1nc2ccc(OC(F)(F)F)cc2s1. The topological polar surface area (TPSA) is 34.2 Å². The molecule has 0 fully saturated rings. The number of anilines is 1. The summed E-state index contributed by atoms with van der Waals surface area (Å²) in [7, 11) is 0. The highest BCUT2D eigenvalue weighted by atomic mass is 32.1. The minimum Gasteiger partial charge on any atom is -0.406 e. The fourth-order valence-electron chi connectivity index (χ4n) is 1.25. The molecule has 0 aliphatic heterocycles. The van der Waals surface area contributed by atoms with Gasteiger partial charge in [-0.1, -0.05) is 17.9 Å². The first-order valence-corrected chi connectivity index (χ1v) is 5.33. The van der Waals surface area contributed by atoms with Crippen LogP contribution in [-0.4, -0.2) is 11.3 Å². The van der Waals surface area contributed by atoms with E-state index < -0.39 is 6.36 Å². The number of thiazole rings is 1. The highest BCUT2D eigenvalue weighted by Crippen LogP contribution is 2.31. The van der Waals surface area contributed by atoms with Gasteiger partial charge >= 0.3 is 6.36 Å². The molecule has 90 valence electrons. The minimum atomic E-state index is -4.68. The molecule has 0 aliphatic rings. The summed E-state index contributed by atoms with van der Waals surface area (Å²) in [5.41, 5.74) is 0.605. The standard InChI is InChI=1S/C10H7F3N2OS/c1-2-14-9-15-7-4-3-6(5-8(7)17-9)16-10(11,12)13/h2-5H,1H2,(H,14,15). The highest BCUT2D eigenvalue weighted by Gasteiger charge is 2.31. The summed E-state index contributed by atoms with van der Waals surface area (Å²) in [4.78, 5) is 4.14. The zero-order valence-corrected chi connectivity index (χ0v) is 9.23. The molecule has 0 saturated heterocycles. The predicted octanol–water partition coefficient (Wildman–Crippen LogP) is 3.75. The van der Waals surface area contributed by atoms with Gasteiger partial charge in [0.15, 0.2) is 5.13 Å². The molecule has 1 N–H and O–H groups in total. The van der Waals surface area contributed by atoms with E-state index >= 15 is 0 Å². The highest BCUT2D eigenvalue weighted by molar-refractivity contribution is 7.22. The molecule has 17 heavy (non-hydrogen) atoms. The maximum absolute atomic E-state index is 12.0. The second-order valence-corrected chi connectivity index (χ2v) is 4.08. The van der Waals surface area contributed by atoms with E-state index in [0.29, 0.717) is 15.3 Å². The molecule has 1 heterocycles. The quantitative estimate of drug-likeness (QED) is 0.912. The number of nitrogens with zero attached hydrogens (tertiary/aromatic N) is 1. The van der Waals surface area contributed by atoms with E-state index in [4.69, 9.17) is 0 Å². The monoisotopic (exact) mass is 260 g/mol. The molecule has 7 heteroatoms. The number of alkyl halides is 3. The van der Waals surface area contributed by atoms with E-state index in [9.17, 15) is 13.2 Å². The Morgan fingerprint density at radius 2 is 2.18 bits per heavy atom. The normalized spacial score (nSPS) is 11.5. The van der Waals surface area contributed by atoms with Crippen LogP contribution in [0.1, 0.15) is 0 Å². The number of hydrogen-bond donors (Lipinski definition) is 1. The van der Waals surface area contributed by atoms with Crippen LogP contribution in [0.25, 0.3) is 10.2 Å². The third-order valence-corrected chi connectivity index (χ3v) is 2.77. The summed E-state index contributed by atoms with van der Waals surface area (Å²) >= 11 is 1.22. The molecular weight excluding hydrogens is 253 g/mol. The van der Waals surface area contributed by atoms with Crippen molar-refractivity contribution in [3.05, 3.63) is 31.0 Å². The number of ether oxygens (including phenoxy) is 1. The molecule has 1 aromatic carbocycles. The lowest BCUT2D eigenvalue weighted by molar-refractivity contribution is -0.274. The molecule has 3 nitrogen and oxygen atoms in total. The number of fused-ring (bicyclic) bond motifs is 1. The summed E-state index contributed by atoms with van der Waals surface area (Å²) in [5, 5.41) is 3.34. The van der Waals surface area contributed by atoms with Crippen LogP contribution in [0.2, 0.25) is 0 Å². The van der Waals surface area contributed by atoms with E-state index in [-0.39, 0.29) is 5.75 Å². The maximum Gasteiger partial charge on any atom is 0.573 e. The molecule has 0 saturated carbocycles. The van der Waals surface area contributed by atoms with Crippen LogP contribution in [0.15, 0.2) is 31.0 Å². The zero-order valence-electron chi connectivity index (χ0n) is 8.41. The summed E-state index contributed by atoms with van der Waals surface area (Å²) in [6.07, 6.45) is -3.23. The van der Waals surface area contributed by atoms with E-state index in [1.54, 1.807) is 0 Å². The second-order valence-electron chi connectivity index (χ2n) is 3.04. The van der Waals surface area contributed by atoms with Crippen LogP contribution in [0.5, 0.6) is 5.75 Å². The molecule has 0 spiro atoms. The van der Waals surface area contributed by atoms with Crippen molar-refractivity contribution in [3.63, 3.8) is 0 Å². The predicted molar refractivity (Wildman–Crippen MR) is 60.1 cm³/mol. The van der Waals surface area contributed by atoms with Crippen molar-refractivity contribution >= 4 is 26.7 Å². The smallest absolute Gasteiger partial charge is 0.406 e. The summed E-state index contributed by atoms with van der Waals surface area (Å²) < 4.78 is 40.4. The van der Waals surface area contributed by atoms with Crippen LogP contribution in [0, 0.1) is 0 Å². The Morgan fingerprint density at radius 1 is 1.41 bits per heavy atom. The van der Waals surface area contributed by atoms with Gasteiger partial charge < -0.3 is 10.1 Å². The van der Waals surface area contributed by atoms with E-state index in [1.165, 1.54) is 35.7 Å². The van der Waals surface area contributed by atoms with Crippen molar-refractivity contribution in [2.24, 2.45) is 0 Å². The van der Waals surface area contributed by atoms with Gasteiger partial charge in [0.2, 0.25) is 0 Å². The van der Waals surface area contributed by atoms with Crippen LogP contribution >= 0.6 is 11.3 Å².